The average molecular weight is 688 g/mol. The van der Waals surface area contributed by atoms with E-state index in [1.807, 2.05) is 12.1 Å². The second-order valence-corrected chi connectivity index (χ2v) is 12.8. The van der Waals surface area contributed by atoms with Crippen molar-refractivity contribution in [3.05, 3.63) is 70.0 Å². The van der Waals surface area contributed by atoms with Gasteiger partial charge in [-0.05, 0) is 41.9 Å². The van der Waals surface area contributed by atoms with Gasteiger partial charge in [-0.15, -0.1) is 0 Å². The second kappa shape index (κ2) is 23.4. The molecule has 0 spiro atoms. The standard InChI is InChI=1S/C31H40Cl2N4O2.2C4H10/c1-8-10-20(5)11-12-21(9-2)13-14-22(19(3)4)24-15-25-31(37-24)35-18-28(36-25)34-17-23-29(32)26(38-6)16-27(39-7)30(23)33;2*1-3-4-2/h9,13-16,18-20H,2,8,10-12,17H2,1,3-7H3,(H,34,36)(H,35,37);2*3-4H2,1-2H3/b21-13+,22-14+;;. The number of methoxy groups -OCH3 is 2. The summed E-state index contributed by atoms with van der Waals surface area (Å²) in [5.41, 5.74) is 5.59. The van der Waals surface area contributed by atoms with Gasteiger partial charge in [-0.1, -0.05) is 142 Å². The van der Waals surface area contributed by atoms with Crippen molar-refractivity contribution in [1.82, 2.24) is 15.0 Å². The number of halogens is 2. The van der Waals surface area contributed by atoms with Gasteiger partial charge in [0.1, 0.15) is 22.8 Å². The Labute approximate surface area is 295 Å². The molecule has 0 saturated heterocycles. The number of anilines is 1. The Morgan fingerprint density at radius 3 is 1.98 bits per heavy atom. The Bertz CT molecular complexity index is 1380. The normalized spacial score (nSPS) is 12.2. The lowest BCUT2D eigenvalue weighted by molar-refractivity contribution is 0.394. The molecule has 2 aromatic heterocycles. The van der Waals surface area contributed by atoms with E-state index in [-0.39, 0.29) is 0 Å². The molecule has 0 fully saturated rings. The number of benzene rings is 1. The Morgan fingerprint density at radius 1 is 0.894 bits per heavy atom. The summed E-state index contributed by atoms with van der Waals surface area (Å²) in [7, 11) is 3.10. The molecule has 0 aliphatic carbocycles. The molecule has 0 bridgehead atoms. The lowest BCUT2D eigenvalue weighted by Gasteiger charge is -2.15. The molecule has 0 amide bonds. The fraction of sp³-hybridized carbons (Fsp3) is 0.538. The van der Waals surface area contributed by atoms with Crippen LogP contribution in [0, 0.1) is 11.8 Å². The van der Waals surface area contributed by atoms with Gasteiger partial charge >= 0.3 is 0 Å². The highest BCUT2D eigenvalue weighted by Gasteiger charge is 2.18. The topological polar surface area (TPSA) is 72.1 Å². The Hall–Kier alpha value is -2.96. The summed E-state index contributed by atoms with van der Waals surface area (Å²) >= 11 is 13.0. The van der Waals surface area contributed by atoms with Crippen LogP contribution in [0.15, 0.2) is 48.7 Å². The van der Waals surface area contributed by atoms with Crippen LogP contribution in [-0.2, 0) is 6.54 Å². The highest BCUT2D eigenvalue weighted by Crippen LogP contribution is 2.40. The van der Waals surface area contributed by atoms with Gasteiger partial charge in [-0.2, -0.15) is 0 Å². The van der Waals surface area contributed by atoms with Crippen LogP contribution in [0.1, 0.15) is 118 Å². The van der Waals surface area contributed by atoms with Crippen molar-refractivity contribution < 1.29 is 9.47 Å². The number of rotatable bonds is 16. The third kappa shape index (κ3) is 14.0. The Morgan fingerprint density at radius 2 is 1.49 bits per heavy atom. The molecule has 8 heteroatoms. The monoisotopic (exact) mass is 686 g/mol. The largest absolute Gasteiger partial charge is 0.495 e. The van der Waals surface area contributed by atoms with E-state index in [9.17, 15) is 0 Å². The molecular formula is C39H60Cl2N4O2. The first kappa shape index (κ1) is 42.1. The lowest BCUT2D eigenvalue weighted by atomic mass is 9.95. The van der Waals surface area contributed by atoms with Crippen LogP contribution in [0.2, 0.25) is 10.0 Å². The van der Waals surface area contributed by atoms with Crippen molar-refractivity contribution >= 4 is 45.8 Å². The third-order valence-corrected chi connectivity index (χ3v) is 8.65. The molecule has 3 rings (SSSR count). The molecule has 1 aromatic carbocycles. The van der Waals surface area contributed by atoms with Crippen molar-refractivity contribution in [3.8, 4) is 11.5 Å². The van der Waals surface area contributed by atoms with Gasteiger partial charge in [-0.25, -0.2) is 9.97 Å². The summed E-state index contributed by atoms with van der Waals surface area (Å²) in [6.45, 7) is 22.0. The van der Waals surface area contributed by atoms with Gasteiger partial charge in [0, 0.05) is 23.9 Å². The van der Waals surface area contributed by atoms with Crippen molar-refractivity contribution in [1.29, 1.82) is 0 Å². The number of aromatic amines is 1. The molecule has 1 unspecified atom stereocenters. The third-order valence-electron chi connectivity index (χ3n) is 7.82. The van der Waals surface area contributed by atoms with Crippen LogP contribution in [-0.4, -0.2) is 29.2 Å². The van der Waals surface area contributed by atoms with E-state index in [4.69, 9.17) is 37.7 Å². The number of H-pyrrole nitrogens is 1. The minimum Gasteiger partial charge on any atom is -0.495 e. The number of fused-ring (bicyclic) bond motifs is 1. The van der Waals surface area contributed by atoms with Gasteiger partial charge < -0.3 is 19.8 Å². The van der Waals surface area contributed by atoms with E-state index >= 15 is 0 Å². The molecule has 0 radical (unpaired) electrons. The summed E-state index contributed by atoms with van der Waals surface area (Å²) in [5.74, 6) is 2.61. The minimum atomic E-state index is 0.310. The molecule has 3 aromatic rings. The van der Waals surface area contributed by atoms with Gasteiger partial charge in [-0.3, -0.25) is 0 Å². The van der Waals surface area contributed by atoms with Gasteiger partial charge in [0.15, 0.2) is 5.65 Å². The quantitative estimate of drug-likeness (QED) is 0.147. The summed E-state index contributed by atoms with van der Waals surface area (Å²) in [6, 6.07) is 3.71. The number of allylic oxidation sites excluding steroid dienone is 5. The predicted molar refractivity (Wildman–Crippen MR) is 206 cm³/mol. The maximum absolute atomic E-state index is 6.52. The molecular weight excluding hydrogens is 627 g/mol. The smallest absolute Gasteiger partial charge is 0.156 e. The second-order valence-electron chi connectivity index (χ2n) is 12.1. The highest BCUT2D eigenvalue weighted by molar-refractivity contribution is 6.37. The molecule has 0 aliphatic rings. The number of ether oxygens (including phenoxy) is 2. The molecule has 1 atom stereocenters. The van der Waals surface area contributed by atoms with Crippen LogP contribution < -0.4 is 14.8 Å². The van der Waals surface area contributed by atoms with Crippen LogP contribution in [0.5, 0.6) is 11.5 Å². The number of nitrogens with zero attached hydrogens (tertiary/aromatic N) is 2. The van der Waals surface area contributed by atoms with Gasteiger partial charge in [0.25, 0.3) is 0 Å². The van der Waals surface area contributed by atoms with E-state index in [0.717, 1.165) is 29.2 Å². The average Bonchev–Trinajstić information content (AvgIpc) is 3.49. The molecule has 0 saturated carbocycles. The number of nitrogens with one attached hydrogen (secondary N) is 2. The maximum Gasteiger partial charge on any atom is 0.156 e. The molecule has 2 N–H and O–H groups in total. The van der Waals surface area contributed by atoms with Crippen LogP contribution in [0.4, 0.5) is 5.82 Å². The maximum atomic E-state index is 6.52. The first-order valence-corrected chi connectivity index (χ1v) is 18.0. The van der Waals surface area contributed by atoms with Crippen LogP contribution in [0.3, 0.4) is 0 Å². The van der Waals surface area contributed by atoms with Crippen LogP contribution in [0.25, 0.3) is 16.7 Å². The zero-order chi connectivity index (χ0) is 35.4. The zero-order valence-corrected chi connectivity index (χ0v) is 32.2. The molecule has 262 valence electrons. The summed E-state index contributed by atoms with van der Waals surface area (Å²) in [4.78, 5) is 12.8. The summed E-state index contributed by atoms with van der Waals surface area (Å²) < 4.78 is 10.7. The SMILES string of the molecule is C=C/C(=C\C=C(\c1cc2nc(NCc3c(Cl)c(OC)cc(OC)c3Cl)cnc2[nH]1)C(C)C)CCC(C)CCC.CCCC.CCCC. The molecule has 6 nitrogen and oxygen atoms in total. The van der Waals surface area contributed by atoms with E-state index in [0.29, 0.717) is 45.4 Å². The summed E-state index contributed by atoms with van der Waals surface area (Å²) in [6.07, 6.45) is 18.0. The van der Waals surface area contributed by atoms with Crippen molar-refractivity contribution in [3.63, 3.8) is 0 Å². The number of aromatic nitrogens is 3. The van der Waals surface area contributed by atoms with Gasteiger partial charge in [0.2, 0.25) is 0 Å². The van der Waals surface area contributed by atoms with Crippen molar-refractivity contribution in [2.75, 3.05) is 19.5 Å². The predicted octanol–water partition coefficient (Wildman–Crippen LogP) is 12.9. The fourth-order valence-corrected chi connectivity index (χ4v) is 5.14. The van der Waals surface area contributed by atoms with E-state index in [1.165, 1.54) is 56.1 Å². The molecule has 2 heterocycles. The first-order chi connectivity index (χ1) is 22.5. The van der Waals surface area contributed by atoms with Crippen LogP contribution >= 0.6 is 23.2 Å². The fourth-order valence-electron chi connectivity index (χ4n) is 4.51. The molecule has 0 aliphatic heterocycles. The zero-order valence-electron chi connectivity index (χ0n) is 30.7. The highest BCUT2D eigenvalue weighted by atomic mass is 35.5. The number of unbranched alkanes of at least 4 members (excludes halogenated alkanes) is 2. The Balaban J connectivity index is 0.00000124. The molecule has 47 heavy (non-hydrogen) atoms. The minimum absolute atomic E-state index is 0.310. The van der Waals surface area contributed by atoms with Crippen molar-refractivity contribution in [2.24, 2.45) is 11.8 Å². The first-order valence-electron chi connectivity index (χ1n) is 17.3. The lowest BCUT2D eigenvalue weighted by Crippen LogP contribution is -2.05. The van der Waals surface area contributed by atoms with Gasteiger partial charge in [0.05, 0.1) is 30.5 Å². The van der Waals surface area contributed by atoms with E-state index < -0.39 is 0 Å². The van der Waals surface area contributed by atoms with Crippen molar-refractivity contribution in [2.45, 2.75) is 113 Å². The Kier molecular flexibility index (Phi) is 20.9. The van der Waals surface area contributed by atoms with E-state index in [2.05, 4.69) is 89.4 Å². The van der Waals surface area contributed by atoms with E-state index in [1.54, 1.807) is 26.5 Å². The number of hydrogen-bond donors (Lipinski definition) is 2. The summed E-state index contributed by atoms with van der Waals surface area (Å²) in [5, 5.41) is 4.12. The number of hydrogen-bond acceptors (Lipinski definition) is 5.